The summed E-state index contributed by atoms with van der Waals surface area (Å²) in [4.78, 5) is 2.15. The zero-order chi connectivity index (χ0) is 10.3. The largest absolute Gasteiger partial charge is 0.391 e. The van der Waals surface area contributed by atoms with Crippen LogP contribution in [0.4, 0.5) is 0 Å². The smallest absolute Gasteiger partial charge is 0.0802 e. The molecule has 0 fully saturated rings. The highest BCUT2D eigenvalue weighted by Crippen LogP contribution is 2.01. The van der Waals surface area contributed by atoms with Gasteiger partial charge < -0.3 is 9.84 Å². The van der Waals surface area contributed by atoms with Crippen LogP contribution in [0.5, 0.6) is 0 Å². The lowest BCUT2D eigenvalue weighted by molar-refractivity contribution is 0.0660. The fourth-order valence-electron chi connectivity index (χ4n) is 1.29. The quantitative estimate of drug-likeness (QED) is 0.634. The first-order valence-electron chi connectivity index (χ1n) is 4.62. The highest BCUT2D eigenvalue weighted by Gasteiger charge is 2.14. The van der Waals surface area contributed by atoms with Crippen LogP contribution < -0.4 is 0 Å². The molecule has 2 unspecified atom stereocenters. The van der Waals surface area contributed by atoms with Gasteiger partial charge in [-0.15, -0.1) is 11.6 Å². The number of alkyl halides is 1. The van der Waals surface area contributed by atoms with Crippen molar-refractivity contribution in [2.45, 2.75) is 26.0 Å². The average molecular weight is 210 g/mol. The number of methoxy groups -OCH3 is 1. The Bertz CT molecular complexity index is 124. The van der Waals surface area contributed by atoms with E-state index in [9.17, 15) is 5.11 Å². The number of halogens is 1. The summed E-state index contributed by atoms with van der Waals surface area (Å²) in [5.41, 5.74) is 0. The second-order valence-electron chi connectivity index (χ2n) is 3.20. The van der Waals surface area contributed by atoms with Gasteiger partial charge in [0.1, 0.15) is 0 Å². The van der Waals surface area contributed by atoms with Gasteiger partial charge in [0.15, 0.2) is 0 Å². The summed E-state index contributed by atoms with van der Waals surface area (Å²) in [5.74, 6) is 0.288. The molecule has 0 radical (unpaired) electrons. The number of aliphatic hydroxyl groups is 1. The van der Waals surface area contributed by atoms with E-state index in [0.717, 1.165) is 6.54 Å². The molecule has 0 aliphatic carbocycles. The monoisotopic (exact) mass is 209 g/mol. The molecule has 1 N–H and O–H groups in total. The highest BCUT2D eigenvalue weighted by molar-refractivity contribution is 6.18. The molecule has 0 aromatic heterocycles. The molecule has 80 valence electrons. The first-order chi connectivity index (χ1) is 6.15. The zero-order valence-corrected chi connectivity index (χ0v) is 9.42. The summed E-state index contributed by atoms with van der Waals surface area (Å²) in [6.45, 7) is 6.34. The van der Waals surface area contributed by atoms with Crippen LogP contribution in [0.2, 0.25) is 0 Å². The zero-order valence-electron chi connectivity index (χ0n) is 8.66. The topological polar surface area (TPSA) is 32.7 Å². The van der Waals surface area contributed by atoms with E-state index in [0.29, 0.717) is 19.2 Å². The number of ether oxygens (including phenoxy) is 1. The molecule has 4 heteroatoms. The van der Waals surface area contributed by atoms with Gasteiger partial charge in [-0.3, -0.25) is 4.90 Å². The third-order valence-electron chi connectivity index (χ3n) is 2.06. The van der Waals surface area contributed by atoms with E-state index in [4.69, 9.17) is 16.3 Å². The molecule has 0 spiro atoms. The first-order valence-corrected chi connectivity index (χ1v) is 5.16. The molecule has 2 atom stereocenters. The Balaban J connectivity index is 3.86. The maximum Gasteiger partial charge on any atom is 0.0802 e. The number of hydrogen-bond donors (Lipinski definition) is 1. The summed E-state index contributed by atoms with van der Waals surface area (Å²) in [6.07, 6.45) is -0.444. The second-order valence-corrected chi connectivity index (χ2v) is 3.51. The lowest BCUT2D eigenvalue weighted by Crippen LogP contribution is -2.41. The predicted molar refractivity (Wildman–Crippen MR) is 55.3 cm³/mol. The molecular formula is C9H20ClNO2. The Morgan fingerprint density at radius 3 is 2.54 bits per heavy atom. The summed E-state index contributed by atoms with van der Waals surface area (Å²) < 4.78 is 5.05. The summed E-state index contributed by atoms with van der Waals surface area (Å²) in [7, 11) is 1.68. The molecule has 0 aliphatic rings. The molecule has 0 heterocycles. The first kappa shape index (κ1) is 13.2. The lowest BCUT2D eigenvalue weighted by Gasteiger charge is -2.28. The van der Waals surface area contributed by atoms with Crippen LogP contribution in [0, 0.1) is 0 Å². The molecule has 0 aliphatic heterocycles. The normalized spacial score (nSPS) is 16.2. The molecular weight excluding hydrogens is 190 g/mol. The van der Waals surface area contributed by atoms with E-state index in [1.54, 1.807) is 7.11 Å². The van der Waals surface area contributed by atoms with Crippen LogP contribution in [0.1, 0.15) is 13.8 Å². The maximum absolute atomic E-state index is 9.36. The molecule has 0 saturated heterocycles. The SMILES string of the molecule is CCN(CC(O)CCl)C(C)COC. The molecule has 0 bridgehead atoms. The minimum Gasteiger partial charge on any atom is -0.391 e. The van der Waals surface area contributed by atoms with E-state index in [1.807, 2.05) is 0 Å². The van der Waals surface area contributed by atoms with E-state index in [1.165, 1.54) is 0 Å². The molecule has 3 nitrogen and oxygen atoms in total. The van der Waals surface area contributed by atoms with Crippen molar-refractivity contribution in [1.82, 2.24) is 4.90 Å². The molecule has 0 amide bonds. The Morgan fingerprint density at radius 1 is 1.54 bits per heavy atom. The summed E-state index contributed by atoms with van der Waals surface area (Å²) in [6, 6.07) is 0.327. The van der Waals surface area contributed by atoms with Gasteiger partial charge in [-0.25, -0.2) is 0 Å². The van der Waals surface area contributed by atoms with E-state index >= 15 is 0 Å². The predicted octanol–water partition coefficient (Wildman–Crippen LogP) is 0.943. The second kappa shape index (κ2) is 7.56. The van der Waals surface area contributed by atoms with Gasteiger partial charge in [0.05, 0.1) is 12.7 Å². The number of nitrogens with zero attached hydrogens (tertiary/aromatic N) is 1. The fraction of sp³-hybridized carbons (Fsp3) is 1.00. The van der Waals surface area contributed by atoms with Crippen LogP contribution >= 0.6 is 11.6 Å². The van der Waals surface area contributed by atoms with Crippen LogP contribution in [0.15, 0.2) is 0 Å². The Labute approximate surface area is 85.6 Å². The van der Waals surface area contributed by atoms with Crippen molar-refractivity contribution in [3.8, 4) is 0 Å². The summed E-state index contributed by atoms with van der Waals surface area (Å²) in [5, 5.41) is 9.36. The van der Waals surface area contributed by atoms with Crippen molar-refractivity contribution in [1.29, 1.82) is 0 Å². The number of rotatable bonds is 7. The Morgan fingerprint density at radius 2 is 2.15 bits per heavy atom. The fourth-order valence-corrected chi connectivity index (χ4v) is 1.38. The molecule has 0 saturated carbocycles. The van der Waals surface area contributed by atoms with Gasteiger partial charge in [0, 0.05) is 25.6 Å². The standard InChI is InChI=1S/C9H20ClNO2/c1-4-11(6-9(12)5-10)8(2)7-13-3/h8-9,12H,4-7H2,1-3H3. The van der Waals surface area contributed by atoms with Gasteiger partial charge >= 0.3 is 0 Å². The molecule has 0 rings (SSSR count). The minimum atomic E-state index is -0.444. The maximum atomic E-state index is 9.36. The molecule has 0 aromatic carbocycles. The van der Waals surface area contributed by atoms with E-state index in [2.05, 4.69) is 18.7 Å². The van der Waals surface area contributed by atoms with Crippen molar-refractivity contribution in [2.75, 3.05) is 32.7 Å². The van der Waals surface area contributed by atoms with Crippen molar-refractivity contribution in [2.24, 2.45) is 0 Å². The van der Waals surface area contributed by atoms with Crippen molar-refractivity contribution in [3.05, 3.63) is 0 Å². The van der Waals surface area contributed by atoms with Gasteiger partial charge in [0.2, 0.25) is 0 Å². The van der Waals surface area contributed by atoms with Crippen LogP contribution in [-0.4, -0.2) is 54.8 Å². The van der Waals surface area contributed by atoms with E-state index in [-0.39, 0.29) is 5.88 Å². The minimum absolute atomic E-state index is 0.288. The average Bonchev–Trinajstić information content (AvgIpc) is 2.14. The number of likely N-dealkylation sites (N-methyl/N-ethyl adjacent to an activating group) is 1. The van der Waals surface area contributed by atoms with Crippen LogP contribution in [0.3, 0.4) is 0 Å². The van der Waals surface area contributed by atoms with Crippen molar-refractivity contribution < 1.29 is 9.84 Å². The highest BCUT2D eigenvalue weighted by atomic mass is 35.5. The van der Waals surface area contributed by atoms with E-state index < -0.39 is 6.10 Å². The molecule has 0 aromatic rings. The summed E-state index contributed by atoms with van der Waals surface area (Å²) >= 11 is 5.53. The van der Waals surface area contributed by atoms with Gasteiger partial charge in [0.25, 0.3) is 0 Å². The Kier molecular flexibility index (Phi) is 7.66. The van der Waals surface area contributed by atoms with Crippen LogP contribution in [0.25, 0.3) is 0 Å². The third-order valence-corrected chi connectivity index (χ3v) is 2.42. The molecule has 13 heavy (non-hydrogen) atoms. The Hall–Kier alpha value is 0.170. The van der Waals surface area contributed by atoms with Crippen LogP contribution in [-0.2, 0) is 4.74 Å². The number of hydrogen-bond acceptors (Lipinski definition) is 3. The van der Waals surface area contributed by atoms with Crippen molar-refractivity contribution in [3.63, 3.8) is 0 Å². The van der Waals surface area contributed by atoms with Gasteiger partial charge in [-0.1, -0.05) is 6.92 Å². The van der Waals surface area contributed by atoms with Gasteiger partial charge in [-0.2, -0.15) is 0 Å². The lowest BCUT2D eigenvalue weighted by atomic mass is 10.2. The third kappa shape index (κ3) is 5.47. The number of aliphatic hydroxyl groups excluding tert-OH is 1. The van der Waals surface area contributed by atoms with Crippen molar-refractivity contribution >= 4 is 11.6 Å². The van der Waals surface area contributed by atoms with Gasteiger partial charge in [-0.05, 0) is 13.5 Å².